The Morgan fingerprint density at radius 3 is 1.76 bits per heavy atom. The molecule has 0 amide bonds. The quantitative estimate of drug-likeness (QED) is 0.481. The molecule has 0 saturated heterocycles. The molecule has 0 bridgehead atoms. The maximum atomic E-state index is 13.7. The lowest BCUT2D eigenvalue weighted by Gasteiger charge is -2.30. The Labute approximate surface area is 116 Å². The lowest BCUT2D eigenvalue weighted by Crippen LogP contribution is -2.50. The summed E-state index contributed by atoms with van der Waals surface area (Å²) in [5.41, 5.74) is -2.87. The minimum absolute atomic E-state index is 0.0210. The third-order valence-electron chi connectivity index (χ3n) is 2.41. The number of rotatable bonds is 3. The number of thioether (sulfide) groups is 1. The maximum absolute atomic E-state index is 13.7. The summed E-state index contributed by atoms with van der Waals surface area (Å²) in [5.74, 6) is -3.15. The molecule has 0 aliphatic rings. The summed E-state index contributed by atoms with van der Waals surface area (Å²) in [4.78, 5) is -0.780. The molecule has 0 aromatic heterocycles. The van der Waals surface area contributed by atoms with Crippen molar-refractivity contribution in [3.05, 3.63) is 23.8 Å². The van der Waals surface area contributed by atoms with Crippen LogP contribution in [-0.2, 0) is 5.67 Å². The van der Waals surface area contributed by atoms with Crippen LogP contribution in [-0.4, -0.2) is 18.1 Å². The van der Waals surface area contributed by atoms with Crippen molar-refractivity contribution >= 4 is 17.4 Å². The molecule has 0 aliphatic heterocycles. The van der Waals surface area contributed by atoms with Crippen molar-refractivity contribution in [2.75, 3.05) is 5.73 Å². The van der Waals surface area contributed by atoms with Crippen LogP contribution in [0.3, 0.4) is 0 Å². The van der Waals surface area contributed by atoms with Gasteiger partial charge in [0.1, 0.15) is 0 Å². The van der Waals surface area contributed by atoms with Crippen molar-refractivity contribution < 1.29 is 39.5 Å². The highest BCUT2D eigenvalue weighted by molar-refractivity contribution is 7.99. The van der Waals surface area contributed by atoms with Crippen LogP contribution in [0.2, 0.25) is 0 Å². The van der Waals surface area contributed by atoms with E-state index in [1.807, 2.05) is 0 Å². The number of alkyl halides is 9. The molecule has 21 heavy (non-hydrogen) atoms. The molecule has 1 aromatic rings. The molecule has 11 heteroatoms. The Hall–Kier alpha value is -1.26. The van der Waals surface area contributed by atoms with Crippen molar-refractivity contribution in [3.8, 4) is 0 Å². The van der Waals surface area contributed by atoms with Crippen molar-refractivity contribution in [1.29, 1.82) is 0 Å². The standard InChI is InChI=1S/C10H6F9NS/c11-7(12)21-6-3-4(1-2-5(6)20)8(13,9(14,15)16)10(17,18)19/h1-3,7H,20H2. The minimum atomic E-state index is -6.31. The fourth-order valence-electron chi connectivity index (χ4n) is 1.43. The molecule has 1 rings (SSSR count). The van der Waals surface area contributed by atoms with Crippen LogP contribution in [0.4, 0.5) is 45.2 Å². The van der Waals surface area contributed by atoms with E-state index < -0.39 is 39.9 Å². The largest absolute Gasteiger partial charge is 0.435 e. The van der Waals surface area contributed by atoms with Gasteiger partial charge >= 0.3 is 18.0 Å². The minimum Gasteiger partial charge on any atom is -0.398 e. The van der Waals surface area contributed by atoms with Gasteiger partial charge in [-0.25, -0.2) is 4.39 Å². The summed E-state index contributed by atoms with van der Waals surface area (Å²) in [6, 6.07) is 0.685. The van der Waals surface area contributed by atoms with Crippen molar-refractivity contribution in [2.45, 2.75) is 28.7 Å². The molecular weight excluding hydrogens is 337 g/mol. The fraction of sp³-hybridized carbons (Fsp3) is 0.400. The molecule has 0 saturated carbocycles. The van der Waals surface area contributed by atoms with Crippen molar-refractivity contribution in [2.24, 2.45) is 0 Å². The van der Waals surface area contributed by atoms with E-state index in [2.05, 4.69) is 0 Å². The van der Waals surface area contributed by atoms with Crippen LogP contribution in [0.5, 0.6) is 0 Å². The van der Waals surface area contributed by atoms with Crippen LogP contribution in [0, 0.1) is 0 Å². The fourth-order valence-corrected chi connectivity index (χ4v) is 2.03. The SMILES string of the molecule is Nc1ccc(C(F)(C(F)(F)F)C(F)(F)F)cc1SC(F)F. The molecule has 0 heterocycles. The number of halogens is 9. The predicted octanol–water partition coefficient (Wildman–Crippen LogP) is 4.87. The first-order chi connectivity index (χ1) is 9.30. The van der Waals surface area contributed by atoms with Crippen molar-refractivity contribution in [1.82, 2.24) is 0 Å². The molecule has 2 N–H and O–H groups in total. The molecule has 0 aliphatic carbocycles. The smallest absolute Gasteiger partial charge is 0.398 e. The zero-order valence-electron chi connectivity index (χ0n) is 9.70. The molecule has 0 fully saturated rings. The first kappa shape index (κ1) is 17.8. The number of hydrogen-bond donors (Lipinski definition) is 1. The van der Waals surface area contributed by atoms with Crippen LogP contribution in [0.15, 0.2) is 23.1 Å². The van der Waals surface area contributed by atoms with Crippen LogP contribution < -0.4 is 5.73 Å². The molecule has 1 nitrogen and oxygen atoms in total. The summed E-state index contributed by atoms with van der Waals surface area (Å²) in [7, 11) is 0. The monoisotopic (exact) mass is 343 g/mol. The lowest BCUT2D eigenvalue weighted by atomic mass is 9.94. The van der Waals surface area contributed by atoms with Gasteiger partial charge in [-0.3, -0.25) is 0 Å². The van der Waals surface area contributed by atoms with E-state index in [0.29, 0.717) is 6.07 Å². The van der Waals surface area contributed by atoms with E-state index >= 15 is 0 Å². The molecule has 120 valence electrons. The highest BCUT2D eigenvalue weighted by atomic mass is 32.2. The second-order valence-electron chi connectivity index (χ2n) is 3.79. The lowest BCUT2D eigenvalue weighted by molar-refractivity contribution is -0.348. The van der Waals surface area contributed by atoms with Gasteiger partial charge in [0.2, 0.25) is 0 Å². The average molecular weight is 343 g/mol. The highest BCUT2D eigenvalue weighted by Crippen LogP contribution is 2.53. The Balaban J connectivity index is 3.48. The zero-order chi connectivity index (χ0) is 16.6. The van der Waals surface area contributed by atoms with Crippen molar-refractivity contribution in [3.63, 3.8) is 0 Å². The van der Waals surface area contributed by atoms with Crippen LogP contribution in [0.1, 0.15) is 5.56 Å². The third-order valence-corrected chi connectivity index (χ3v) is 3.19. The number of benzene rings is 1. The van der Waals surface area contributed by atoms with Gasteiger partial charge in [0.05, 0.1) is 0 Å². The summed E-state index contributed by atoms with van der Waals surface area (Å²) >= 11 is -0.383. The topological polar surface area (TPSA) is 26.0 Å². The summed E-state index contributed by atoms with van der Waals surface area (Å²) in [5, 5.41) is 0. The van der Waals surface area contributed by atoms with E-state index in [1.54, 1.807) is 0 Å². The van der Waals surface area contributed by atoms with Gasteiger partial charge in [-0.05, 0) is 12.1 Å². The van der Waals surface area contributed by atoms with Gasteiger partial charge in [0, 0.05) is 16.1 Å². The third kappa shape index (κ3) is 3.33. The van der Waals surface area contributed by atoms with E-state index in [1.165, 1.54) is 0 Å². The number of anilines is 1. The summed E-state index contributed by atoms with van der Waals surface area (Å²) in [6.07, 6.45) is -12.6. The molecular formula is C10H6F9NS. The zero-order valence-corrected chi connectivity index (χ0v) is 10.5. The van der Waals surface area contributed by atoms with Gasteiger partial charge in [0.25, 0.3) is 5.76 Å². The summed E-state index contributed by atoms with van der Waals surface area (Å²) in [6.45, 7) is 0. The van der Waals surface area contributed by atoms with Crippen LogP contribution in [0.25, 0.3) is 0 Å². The number of hydrogen-bond acceptors (Lipinski definition) is 2. The molecule has 0 radical (unpaired) electrons. The Morgan fingerprint density at radius 2 is 1.38 bits per heavy atom. The highest BCUT2D eigenvalue weighted by Gasteiger charge is 2.73. The molecule has 0 spiro atoms. The Kier molecular flexibility index (Phi) is 4.66. The molecule has 0 unspecified atom stereocenters. The van der Waals surface area contributed by atoms with E-state index in [9.17, 15) is 39.5 Å². The van der Waals surface area contributed by atoms with Gasteiger partial charge in [-0.15, -0.1) is 0 Å². The molecule has 0 atom stereocenters. The van der Waals surface area contributed by atoms with Gasteiger partial charge in [-0.1, -0.05) is 17.8 Å². The Bertz CT molecular complexity index is 494. The molecule has 1 aromatic carbocycles. The maximum Gasteiger partial charge on any atom is 0.435 e. The van der Waals surface area contributed by atoms with E-state index in [-0.39, 0.29) is 23.9 Å². The number of nitrogen functional groups attached to an aromatic ring is 1. The first-order valence-corrected chi connectivity index (χ1v) is 5.86. The normalized spacial score (nSPS) is 13.8. The Morgan fingerprint density at radius 1 is 0.905 bits per heavy atom. The van der Waals surface area contributed by atoms with Crippen LogP contribution >= 0.6 is 11.8 Å². The average Bonchev–Trinajstić information content (AvgIpc) is 2.27. The predicted molar refractivity (Wildman–Crippen MR) is 57.6 cm³/mol. The second-order valence-corrected chi connectivity index (χ2v) is 4.82. The van der Waals surface area contributed by atoms with Gasteiger partial charge in [0.15, 0.2) is 0 Å². The summed E-state index contributed by atoms with van der Waals surface area (Å²) < 4.78 is 113. The first-order valence-electron chi connectivity index (χ1n) is 4.98. The number of nitrogens with two attached hydrogens (primary N) is 1. The van der Waals surface area contributed by atoms with Gasteiger partial charge in [-0.2, -0.15) is 35.1 Å². The second kappa shape index (κ2) is 5.50. The van der Waals surface area contributed by atoms with E-state index in [0.717, 1.165) is 0 Å². The van der Waals surface area contributed by atoms with Gasteiger partial charge < -0.3 is 5.73 Å². The van der Waals surface area contributed by atoms with E-state index in [4.69, 9.17) is 5.73 Å².